The summed E-state index contributed by atoms with van der Waals surface area (Å²) in [7, 11) is 3.09. The summed E-state index contributed by atoms with van der Waals surface area (Å²) in [4.78, 5) is 24.6. The van der Waals surface area contributed by atoms with Gasteiger partial charge in [-0.25, -0.2) is 0 Å². The van der Waals surface area contributed by atoms with Crippen molar-refractivity contribution >= 4 is 16.8 Å². The van der Waals surface area contributed by atoms with Crippen molar-refractivity contribution < 1.29 is 18.7 Å². The standard InChI is InChI=1S/C21H20O5/c1-11-19(24-4)12(2)21-17(20(11)25-5)18(23)16(10-26-21)15-8-6-14(7-9-15)13(3)22/h6-10H,1-5H3. The van der Waals surface area contributed by atoms with Crippen LogP contribution >= 0.6 is 0 Å². The molecule has 0 aliphatic rings. The molecule has 3 rings (SSSR count). The van der Waals surface area contributed by atoms with Gasteiger partial charge in [0, 0.05) is 16.7 Å². The number of Topliss-reactive ketones (excluding diaryl/α,β-unsaturated/α-hetero) is 1. The first-order valence-electron chi connectivity index (χ1n) is 8.18. The number of hydrogen-bond acceptors (Lipinski definition) is 5. The first-order chi connectivity index (χ1) is 12.4. The number of benzene rings is 2. The fourth-order valence-corrected chi connectivity index (χ4v) is 3.27. The summed E-state index contributed by atoms with van der Waals surface area (Å²) < 4.78 is 16.7. The molecule has 5 heteroatoms. The number of aryl methyl sites for hydroxylation is 1. The van der Waals surface area contributed by atoms with E-state index in [1.807, 2.05) is 13.8 Å². The van der Waals surface area contributed by atoms with Crippen molar-refractivity contribution in [1.82, 2.24) is 0 Å². The minimum Gasteiger partial charge on any atom is -0.496 e. The Labute approximate surface area is 151 Å². The predicted octanol–water partition coefficient (Wildman–Crippen LogP) is 4.30. The molecule has 1 aromatic heterocycles. The van der Waals surface area contributed by atoms with E-state index in [1.165, 1.54) is 20.3 Å². The molecule has 0 aliphatic heterocycles. The van der Waals surface area contributed by atoms with Crippen LogP contribution in [-0.4, -0.2) is 20.0 Å². The minimum atomic E-state index is -0.187. The number of ether oxygens (including phenoxy) is 2. The summed E-state index contributed by atoms with van der Waals surface area (Å²) >= 11 is 0. The van der Waals surface area contributed by atoms with Gasteiger partial charge in [-0.15, -0.1) is 0 Å². The number of carbonyl (C=O) groups is 1. The van der Waals surface area contributed by atoms with E-state index in [9.17, 15) is 9.59 Å². The van der Waals surface area contributed by atoms with Crippen molar-refractivity contribution in [3.8, 4) is 22.6 Å². The summed E-state index contributed by atoms with van der Waals surface area (Å²) in [6, 6.07) is 6.88. The van der Waals surface area contributed by atoms with Gasteiger partial charge in [0.05, 0.1) is 19.8 Å². The van der Waals surface area contributed by atoms with Gasteiger partial charge in [-0.2, -0.15) is 0 Å². The van der Waals surface area contributed by atoms with Gasteiger partial charge < -0.3 is 13.9 Å². The molecule has 0 amide bonds. The van der Waals surface area contributed by atoms with Crippen LogP contribution in [0, 0.1) is 13.8 Å². The van der Waals surface area contributed by atoms with Crippen LogP contribution in [0.3, 0.4) is 0 Å². The molecule has 0 unspecified atom stereocenters. The molecule has 0 bridgehead atoms. The Balaban J connectivity index is 2.32. The number of methoxy groups -OCH3 is 2. The Kier molecular flexibility index (Phi) is 4.55. The zero-order valence-corrected chi connectivity index (χ0v) is 15.4. The number of fused-ring (bicyclic) bond motifs is 1. The maximum atomic E-state index is 13.2. The SMILES string of the molecule is COc1c(C)c(OC)c2c(=O)c(-c3ccc(C(C)=O)cc3)coc2c1C. The fraction of sp³-hybridized carbons (Fsp3) is 0.238. The normalized spacial score (nSPS) is 10.8. The first kappa shape index (κ1) is 17.7. The Bertz CT molecular complexity index is 1060. The average molecular weight is 352 g/mol. The van der Waals surface area contributed by atoms with Crippen LogP contribution in [0.5, 0.6) is 11.5 Å². The molecule has 0 saturated carbocycles. The van der Waals surface area contributed by atoms with Crippen molar-refractivity contribution in [2.24, 2.45) is 0 Å². The van der Waals surface area contributed by atoms with Gasteiger partial charge in [0.1, 0.15) is 28.7 Å². The summed E-state index contributed by atoms with van der Waals surface area (Å²) in [5.41, 5.74) is 3.43. The van der Waals surface area contributed by atoms with E-state index < -0.39 is 0 Å². The molecular weight excluding hydrogens is 332 g/mol. The van der Waals surface area contributed by atoms with Crippen LogP contribution < -0.4 is 14.9 Å². The number of rotatable bonds is 4. The third-order valence-corrected chi connectivity index (χ3v) is 4.59. The monoisotopic (exact) mass is 352 g/mol. The van der Waals surface area contributed by atoms with Crippen LogP contribution in [0.25, 0.3) is 22.1 Å². The van der Waals surface area contributed by atoms with Gasteiger partial charge in [-0.05, 0) is 26.3 Å². The molecule has 0 fully saturated rings. The average Bonchev–Trinajstić information content (AvgIpc) is 2.63. The topological polar surface area (TPSA) is 65.7 Å². The lowest BCUT2D eigenvalue weighted by Crippen LogP contribution is -2.09. The van der Waals surface area contributed by atoms with E-state index in [0.29, 0.717) is 39.2 Å². The molecule has 0 atom stereocenters. The second kappa shape index (κ2) is 6.67. The van der Waals surface area contributed by atoms with Crippen molar-refractivity contribution in [3.05, 3.63) is 57.4 Å². The van der Waals surface area contributed by atoms with E-state index in [4.69, 9.17) is 13.9 Å². The van der Waals surface area contributed by atoms with Crippen LogP contribution in [0.1, 0.15) is 28.4 Å². The molecule has 1 heterocycles. The predicted molar refractivity (Wildman–Crippen MR) is 101 cm³/mol. The Hall–Kier alpha value is -3.08. The minimum absolute atomic E-state index is 0.0258. The van der Waals surface area contributed by atoms with Crippen molar-refractivity contribution in [2.75, 3.05) is 14.2 Å². The van der Waals surface area contributed by atoms with Gasteiger partial charge >= 0.3 is 0 Å². The highest BCUT2D eigenvalue weighted by Gasteiger charge is 2.21. The molecule has 0 N–H and O–H groups in total. The highest BCUT2D eigenvalue weighted by atomic mass is 16.5. The molecule has 0 radical (unpaired) electrons. The van der Waals surface area contributed by atoms with Gasteiger partial charge in [-0.3, -0.25) is 9.59 Å². The molecule has 0 spiro atoms. The largest absolute Gasteiger partial charge is 0.496 e. The smallest absolute Gasteiger partial charge is 0.204 e. The van der Waals surface area contributed by atoms with Gasteiger partial charge in [0.15, 0.2) is 5.78 Å². The number of ketones is 1. The number of carbonyl (C=O) groups excluding carboxylic acids is 1. The van der Waals surface area contributed by atoms with Gasteiger partial charge in [0.25, 0.3) is 0 Å². The molecule has 134 valence electrons. The summed E-state index contributed by atoms with van der Waals surface area (Å²) in [6.07, 6.45) is 1.44. The van der Waals surface area contributed by atoms with Gasteiger partial charge in [0.2, 0.25) is 5.43 Å². The van der Waals surface area contributed by atoms with E-state index >= 15 is 0 Å². The molecule has 0 saturated heterocycles. The lowest BCUT2D eigenvalue weighted by molar-refractivity contribution is 0.101. The second-order valence-electron chi connectivity index (χ2n) is 6.13. The Morgan fingerprint density at radius 3 is 2.12 bits per heavy atom. The van der Waals surface area contributed by atoms with E-state index in [1.54, 1.807) is 31.4 Å². The molecule has 26 heavy (non-hydrogen) atoms. The third kappa shape index (κ3) is 2.65. The van der Waals surface area contributed by atoms with Crippen LogP contribution in [-0.2, 0) is 0 Å². The first-order valence-corrected chi connectivity index (χ1v) is 8.18. The van der Waals surface area contributed by atoms with E-state index in [0.717, 1.165) is 11.1 Å². The van der Waals surface area contributed by atoms with Gasteiger partial charge in [-0.1, -0.05) is 24.3 Å². The van der Waals surface area contributed by atoms with E-state index in [-0.39, 0.29) is 11.2 Å². The molecule has 0 aliphatic carbocycles. The van der Waals surface area contributed by atoms with E-state index in [2.05, 4.69) is 0 Å². The molecule has 5 nitrogen and oxygen atoms in total. The van der Waals surface area contributed by atoms with Crippen molar-refractivity contribution in [3.63, 3.8) is 0 Å². The maximum Gasteiger partial charge on any atom is 0.204 e. The van der Waals surface area contributed by atoms with Crippen molar-refractivity contribution in [2.45, 2.75) is 20.8 Å². The maximum absolute atomic E-state index is 13.2. The number of hydrogen-bond donors (Lipinski definition) is 0. The molecule has 2 aromatic carbocycles. The second-order valence-corrected chi connectivity index (χ2v) is 6.13. The fourth-order valence-electron chi connectivity index (χ4n) is 3.27. The highest BCUT2D eigenvalue weighted by Crippen LogP contribution is 2.39. The molecule has 3 aromatic rings. The lowest BCUT2D eigenvalue weighted by Gasteiger charge is -2.16. The van der Waals surface area contributed by atoms with Crippen LogP contribution in [0.15, 0.2) is 39.7 Å². The summed E-state index contributed by atoms with van der Waals surface area (Å²) in [5.74, 6) is 1.05. The van der Waals surface area contributed by atoms with Crippen LogP contribution in [0.4, 0.5) is 0 Å². The van der Waals surface area contributed by atoms with Crippen molar-refractivity contribution in [1.29, 1.82) is 0 Å². The quantitative estimate of drug-likeness (QED) is 0.655. The zero-order valence-electron chi connectivity index (χ0n) is 15.4. The van der Waals surface area contributed by atoms with Crippen LogP contribution in [0.2, 0.25) is 0 Å². The third-order valence-electron chi connectivity index (χ3n) is 4.59. The lowest BCUT2D eigenvalue weighted by atomic mass is 9.99. The summed E-state index contributed by atoms with van der Waals surface area (Å²) in [5, 5.41) is 0.386. The summed E-state index contributed by atoms with van der Waals surface area (Å²) in [6.45, 7) is 5.19. The highest BCUT2D eigenvalue weighted by molar-refractivity contribution is 5.95. The zero-order chi connectivity index (χ0) is 19.0. The molecular formula is C21H20O5. The Morgan fingerprint density at radius 1 is 0.962 bits per heavy atom. The Morgan fingerprint density at radius 2 is 1.58 bits per heavy atom.